The summed E-state index contributed by atoms with van der Waals surface area (Å²) >= 11 is 0. The Hall–Kier alpha value is -5.86. The molecule has 0 saturated heterocycles. The molecule has 9 rings (SSSR count). The van der Waals surface area contributed by atoms with Gasteiger partial charge >= 0.3 is 0 Å². The van der Waals surface area contributed by atoms with E-state index in [2.05, 4.69) is 156 Å². The zero-order valence-electron chi connectivity index (χ0n) is 23.9. The van der Waals surface area contributed by atoms with Crippen molar-refractivity contribution in [3.8, 4) is 39.1 Å². The SMILES string of the molecule is c1ccc(-c2ccc3c(c2)c2cc(-c4ccccc4)ccc2n3-c2ccc(-c3cccc4c3oc3ccccc34)cc2)cc1. The molecule has 0 bridgehead atoms. The van der Waals surface area contributed by atoms with Gasteiger partial charge in [0.1, 0.15) is 11.2 Å². The summed E-state index contributed by atoms with van der Waals surface area (Å²) < 4.78 is 8.73. The molecule has 0 saturated carbocycles. The smallest absolute Gasteiger partial charge is 0.143 e. The molecular weight excluding hydrogens is 534 g/mol. The van der Waals surface area contributed by atoms with Crippen molar-refractivity contribution in [1.29, 1.82) is 0 Å². The summed E-state index contributed by atoms with van der Waals surface area (Å²) in [5, 5.41) is 4.79. The number of fused-ring (bicyclic) bond motifs is 6. The zero-order valence-corrected chi connectivity index (χ0v) is 23.9. The molecule has 0 atom stereocenters. The third kappa shape index (κ3) is 3.89. The molecular formula is C42H27NO. The number of rotatable bonds is 4. The Labute approximate surface area is 255 Å². The summed E-state index contributed by atoms with van der Waals surface area (Å²) in [6.07, 6.45) is 0. The maximum Gasteiger partial charge on any atom is 0.143 e. The van der Waals surface area contributed by atoms with E-state index in [1.54, 1.807) is 0 Å². The van der Waals surface area contributed by atoms with Crippen molar-refractivity contribution in [2.45, 2.75) is 0 Å². The van der Waals surface area contributed by atoms with Crippen LogP contribution in [0.2, 0.25) is 0 Å². The van der Waals surface area contributed by atoms with Gasteiger partial charge in [-0.2, -0.15) is 0 Å². The predicted octanol–water partition coefficient (Wildman–Crippen LogP) is 11.7. The van der Waals surface area contributed by atoms with Crippen LogP contribution >= 0.6 is 0 Å². The van der Waals surface area contributed by atoms with E-state index in [0.717, 1.165) is 38.8 Å². The van der Waals surface area contributed by atoms with Gasteiger partial charge in [-0.05, 0) is 70.3 Å². The molecule has 206 valence electrons. The Morgan fingerprint density at radius 3 is 1.55 bits per heavy atom. The van der Waals surface area contributed by atoms with Gasteiger partial charge in [-0.3, -0.25) is 0 Å². The molecule has 44 heavy (non-hydrogen) atoms. The van der Waals surface area contributed by atoms with Gasteiger partial charge in [-0.25, -0.2) is 0 Å². The molecule has 2 heteroatoms. The van der Waals surface area contributed by atoms with E-state index in [4.69, 9.17) is 4.42 Å². The van der Waals surface area contributed by atoms with Crippen LogP contribution in [0.1, 0.15) is 0 Å². The molecule has 0 fully saturated rings. The Morgan fingerprint density at radius 2 is 0.909 bits per heavy atom. The Bertz CT molecular complexity index is 2370. The van der Waals surface area contributed by atoms with Gasteiger partial charge in [0.25, 0.3) is 0 Å². The lowest BCUT2D eigenvalue weighted by Gasteiger charge is -2.10. The van der Waals surface area contributed by atoms with Gasteiger partial charge in [0.15, 0.2) is 0 Å². The van der Waals surface area contributed by atoms with Gasteiger partial charge in [0, 0.05) is 32.8 Å². The molecule has 0 aliphatic rings. The van der Waals surface area contributed by atoms with Crippen molar-refractivity contribution in [3.63, 3.8) is 0 Å². The predicted molar refractivity (Wildman–Crippen MR) is 184 cm³/mol. The Morgan fingerprint density at radius 1 is 0.364 bits per heavy atom. The fourth-order valence-electron chi connectivity index (χ4n) is 6.69. The minimum atomic E-state index is 0.918. The largest absolute Gasteiger partial charge is 0.455 e. The van der Waals surface area contributed by atoms with Crippen LogP contribution in [-0.4, -0.2) is 4.57 Å². The maximum absolute atomic E-state index is 6.35. The molecule has 0 aliphatic carbocycles. The average molecular weight is 562 g/mol. The van der Waals surface area contributed by atoms with Gasteiger partial charge < -0.3 is 8.98 Å². The standard InChI is InChI=1S/C42H27NO/c1-3-10-28(11-4-1)31-20-24-39-37(26-31)38-27-32(29-12-5-2-6-13-29)21-25-40(38)43(39)33-22-18-30(19-23-33)34-15-9-16-36-35-14-7-8-17-41(35)44-42(34)36/h1-27H. The Balaban J connectivity index is 1.22. The van der Waals surface area contributed by atoms with Crippen LogP contribution in [0.4, 0.5) is 0 Å². The maximum atomic E-state index is 6.35. The lowest BCUT2D eigenvalue weighted by Crippen LogP contribution is -1.94. The number of benzene rings is 7. The first-order valence-corrected chi connectivity index (χ1v) is 15.0. The number of hydrogen-bond acceptors (Lipinski definition) is 1. The molecule has 0 N–H and O–H groups in total. The van der Waals surface area contributed by atoms with Crippen molar-refractivity contribution in [1.82, 2.24) is 4.57 Å². The highest BCUT2D eigenvalue weighted by molar-refractivity contribution is 6.12. The molecule has 0 unspecified atom stereocenters. The zero-order chi connectivity index (χ0) is 29.0. The van der Waals surface area contributed by atoms with Crippen molar-refractivity contribution in [2.75, 3.05) is 0 Å². The van der Waals surface area contributed by atoms with E-state index >= 15 is 0 Å². The molecule has 0 aliphatic heterocycles. The van der Waals surface area contributed by atoms with Crippen molar-refractivity contribution in [3.05, 3.63) is 164 Å². The molecule has 2 aromatic heterocycles. The highest BCUT2D eigenvalue weighted by Crippen LogP contribution is 2.39. The molecule has 0 spiro atoms. The van der Waals surface area contributed by atoms with E-state index in [9.17, 15) is 0 Å². The first-order valence-electron chi connectivity index (χ1n) is 15.0. The fourth-order valence-corrected chi connectivity index (χ4v) is 6.69. The second-order valence-electron chi connectivity index (χ2n) is 11.4. The van der Waals surface area contributed by atoms with E-state index < -0.39 is 0 Å². The van der Waals surface area contributed by atoms with Crippen molar-refractivity contribution in [2.24, 2.45) is 0 Å². The van der Waals surface area contributed by atoms with Crippen LogP contribution in [0, 0.1) is 0 Å². The monoisotopic (exact) mass is 561 g/mol. The first-order chi connectivity index (χ1) is 21.8. The summed E-state index contributed by atoms with van der Waals surface area (Å²) in [6.45, 7) is 0. The minimum Gasteiger partial charge on any atom is -0.455 e. The summed E-state index contributed by atoms with van der Waals surface area (Å²) in [5.74, 6) is 0. The van der Waals surface area contributed by atoms with Gasteiger partial charge in [-0.15, -0.1) is 0 Å². The molecule has 9 aromatic rings. The molecule has 0 radical (unpaired) electrons. The van der Waals surface area contributed by atoms with Crippen LogP contribution in [0.25, 0.3) is 82.8 Å². The van der Waals surface area contributed by atoms with Crippen LogP contribution < -0.4 is 0 Å². The van der Waals surface area contributed by atoms with Gasteiger partial charge in [-0.1, -0.05) is 121 Å². The number of nitrogens with zero attached hydrogens (tertiary/aromatic N) is 1. The number of aromatic nitrogens is 1. The lowest BCUT2D eigenvalue weighted by atomic mass is 10.0. The second-order valence-corrected chi connectivity index (χ2v) is 11.4. The van der Waals surface area contributed by atoms with Crippen molar-refractivity contribution >= 4 is 43.7 Å². The topological polar surface area (TPSA) is 18.1 Å². The first kappa shape index (κ1) is 24.7. The van der Waals surface area contributed by atoms with Crippen molar-refractivity contribution < 1.29 is 4.42 Å². The summed E-state index contributed by atoms with van der Waals surface area (Å²) in [5.41, 5.74) is 12.5. The van der Waals surface area contributed by atoms with Crippen LogP contribution in [0.15, 0.2) is 168 Å². The Kier molecular flexibility index (Phi) is 5.54. The lowest BCUT2D eigenvalue weighted by molar-refractivity contribution is 0.670. The molecule has 2 heterocycles. The average Bonchev–Trinajstić information content (AvgIpc) is 3.64. The fraction of sp³-hybridized carbons (Fsp3) is 0. The third-order valence-electron chi connectivity index (χ3n) is 8.82. The van der Waals surface area contributed by atoms with E-state index in [1.807, 2.05) is 12.1 Å². The van der Waals surface area contributed by atoms with Crippen LogP contribution in [0.5, 0.6) is 0 Å². The molecule has 0 amide bonds. The molecule has 7 aromatic carbocycles. The number of para-hydroxylation sites is 2. The summed E-state index contributed by atoms with van der Waals surface area (Å²) in [4.78, 5) is 0. The minimum absolute atomic E-state index is 0.918. The van der Waals surface area contributed by atoms with E-state index in [1.165, 1.54) is 44.1 Å². The van der Waals surface area contributed by atoms with E-state index in [-0.39, 0.29) is 0 Å². The quantitative estimate of drug-likeness (QED) is 0.209. The third-order valence-corrected chi connectivity index (χ3v) is 8.82. The van der Waals surface area contributed by atoms with Gasteiger partial charge in [0.2, 0.25) is 0 Å². The van der Waals surface area contributed by atoms with E-state index in [0.29, 0.717) is 0 Å². The normalized spacial score (nSPS) is 11.6. The van der Waals surface area contributed by atoms with Crippen LogP contribution in [-0.2, 0) is 0 Å². The molecule has 2 nitrogen and oxygen atoms in total. The second kappa shape index (κ2) is 9.86. The summed E-state index contributed by atoms with van der Waals surface area (Å²) in [7, 11) is 0. The number of furan rings is 1. The highest BCUT2D eigenvalue weighted by atomic mass is 16.3. The highest BCUT2D eigenvalue weighted by Gasteiger charge is 2.16. The van der Waals surface area contributed by atoms with Gasteiger partial charge in [0.05, 0.1) is 11.0 Å². The number of hydrogen-bond donors (Lipinski definition) is 0. The summed E-state index contributed by atoms with van der Waals surface area (Å²) in [6, 6.07) is 58.5. The van der Waals surface area contributed by atoms with Crippen LogP contribution in [0.3, 0.4) is 0 Å².